The van der Waals surface area contributed by atoms with Crippen molar-refractivity contribution in [1.82, 2.24) is 20.1 Å². The molecule has 6 nitrogen and oxygen atoms in total. The minimum atomic E-state index is -0.0894. The number of para-hydroxylation sites is 1. The largest absolute Gasteiger partial charge is 0.397 e. The summed E-state index contributed by atoms with van der Waals surface area (Å²) in [7, 11) is 0. The molecule has 0 fully saturated rings. The van der Waals surface area contributed by atoms with Crippen LogP contribution in [0.3, 0.4) is 0 Å². The maximum absolute atomic E-state index is 12.8. The van der Waals surface area contributed by atoms with Crippen LogP contribution in [0, 0.1) is 0 Å². The first kappa shape index (κ1) is 13.9. The fourth-order valence-electron chi connectivity index (χ4n) is 3.33. The smallest absolute Gasteiger partial charge is 0.262 e. The Balaban J connectivity index is 1.74. The number of nitrogen functional groups attached to an aromatic ring is 1. The predicted molar refractivity (Wildman–Crippen MR) is 94.3 cm³/mol. The third kappa shape index (κ3) is 1.91. The highest BCUT2D eigenvalue weighted by Crippen LogP contribution is 2.37. The van der Waals surface area contributed by atoms with Crippen LogP contribution in [0.4, 0.5) is 5.69 Å². The molecular weight excluding hydrogens is 314 g/mol. The second kappa shape index (κ2) is 4.98. The van der Waals surface area contributed by atoms with Gasteiger partial charge in [0, 0.05) is 22.2 Å². The van der Waals surface area contributed by atoms with E-state index in [2.05, 4.69) is 10.2 Å². The highest BCUT2D eigenvalue weighted by molar-refractivity contribution is 6.12. The van der Waals surface area contributed by atoms with Gasteiger partial charge in [0.2, 0.25) is 0 Å². The zero-order valence-electron chi connectivity index (χ0n) is 13.2. The number of nitrogens with two attached hydrogens (primary N) is 1. The van der Waals surface area contributed by atoms with Crippen LogP contribution in [-0.2, 0) is 6.54 Å². The predicted octanol–water partition coefficient (Wildman–Crippen LogP) is 2.68. The molecule has 3 heterocycles. The maximum atomic E-state index is 12.8. The van der Waals surface area contributed by atoms with Gasteiger partial charge in [-0.05, 0) is 18.2 Å². The second-order valence-electron chi connectivity index (χ2n) is 6.02. The van der Waals surface area contributed by atoms with Crippen LogP contribution in [0.1, 0.15) is 16.1 Å². The number of nitrogens with zero attached hydrogens (tertiary/aromatic N) is 4. The molecule has 0 saturated heterocycles. The first-order valence-electron chi connectivity index (χ1n) is 7.92. The first-order valence-corrected chi connectivity index (χ1v) is 7.92. The number of carbonyl (C=O) groups excluding carboxylic acids is 1. The van der Waals surface area contributed by atoms with E-state index < -0.39 is 0 Å². The summed E-state index contributed by atoms with van der Waals surface area (Å²) in [6.45, 7) is 0.438. The Kier molecular flexibility index (Phi) is 2.76. The van der Waals surface area contributed by atoms with Crippen molar-refractivity contribution < 1.29 is 4.79 Å². The number of allylic oxidation sites excluding steroid dienone is 3. The molecular formula is C19H13N5O. The minimum Gasteiger partial charge on any atom is -0.397 e. The van der Waals surface area contributed by atoms with Crippen LogP contribution in [0.5, 0.6) is 0 Å². The van der Waals surface area contributed by atoms with Crippen molar-refractivity contribution >= 4 is 22.5 Å². The number of carbonyl (C=O) groups is 1. The van der Waals surface area contributed by atoms with Gasteiger partial charge in [0.05, 0.1) is 41.4 Å². The van der Waals surface area contributed by atoms with E-state index in [0.29, 0.717) is 23.5 Å². The summed E-state index contributed by atoms with van der Waals surface area (Å²) in [5.41, 5.74) is 11.6. The summed E-state index contributed by atoms with van der Waals surface area (Å²) in [5.74, 6) is -0.0894. The van der Waals surface area contributed by atoms with E-state index in [1.165, 1.54) is 0 Å². The molecule has 1 aliphatic heterocycles. The summed E-state index contributed by atoms with van der Waals surface area (Å²) < 4.78 is 0. The fourth-order valence-corrected chi connectivity index (χ4v) is 3.33. The van der Waals surface area contributed by atoms with Gasteiger partial charge in [0.15, 0.2) is 0 Å². The molecule has 0 atom stereocenters. The number of hydrogen-bond acceptors (Lipinski definition) is 5. The fraction of sp³-hybridized carbons (Fsp3) is 0.0526. The average Bonchev–Trinajstić information content (AvgIpc) is 2.91. The molecule has 3 aromatic rings. The Morgan fingerprint density at radius 1 is 1.16 bits per heavy atom. The molecule has 5 rings (SSSR count). The lowest BCUT2D eigenvalue weighted by atomic mass is 10.0. The lowest BCUT2D eigenvalue weighted by Gasteiger charge is -2.19. The Labute approximate surface area is 143 Å². The normalized spacial score (nSPS) is 15.3. The van der Waals surface area contributed by atoms with Crippen LogP contribution in [0.15, 0.2) is 60.6 Å². The molecule has 0 saturated carbocycles. The molecule has 120 valence electrons. The van der Waals surface area contributed by atoms with Crippen molar-refractivity contribution in [2.45, 2.75) is 6.54 Å². The van der Waals surface area contributed by atoms with Crippen molar-refractivity contribution in [3.05, 3.63) is 71.8 Å². The zero-order valence-corrected chi connectivity index (χ0v) is 13.2. The van der Waals surface area contributed by atoms with E-state index >= 15 is 0 Å². The van der Waals surface area contributed by atoms with Crippen molar-refractivity contribution in [3.8, 4) is 11.1 Å². The van der Waals surface area contributed by atoms with Crippen molar-refractivity contribution in [3.63, 3.8) is 0 Å². The van der Waals surface area contributed by atoms with Crippen LogP contribution in [0.25, 0.3) is 22.0 Å². The number of benzene rings is 1. The van der Waals surface area contributed by atoms with Gasteiger partial charge in [0.1, 0.15) is 0 Å². The maximum Gasteiger partial charge on any atom is 0.262 e. The van der Waals surface area contributed by atoms with E-state index in [9.17, 15) is 4.79 Å². The lowest BCUT2D eigenvalue weighted by molar-refractivity contribution is 0.0831. The molecule has 1 aliphatic carbocycles. The average molecular weight is 327 g/mol. The minimum absolute atomic E-state index is 0.0894. The van der Waals surface area contributed by atoms with E-state index in [1.807, 2.05) is 42.5 Å². The SMILES string of the molecule is Nc1c2c(nc3c(-c4ccnnc4)cccc13)CN(C1=CC=C1)C2=O. The number of fused-ring (bicyclic) bond motifs is 2. The molecule has 2 N–H and O–H groups in total. The standard InChI is InChI=1S/C19H13N5O/c20-17-14-6-2-5-13(11-7-8-21-22-9-11)18(14)23-15-10-24(12-3-1-4-12)19(25)16(15)17/h1-9H,10H2,(H2,20,23). The van der Waals surface area contributed by atoms with Crippen LogP contribution >= 0.6 is 0 Å². The lowest BCUT2D eigenvalue weighted by Crippen LogP contribution is -2.24. The number of aromatic nitrogens is 3. The van der Waals surface area contributed by atoms with Gasteiger partial charge in [0.25, 0.3) is 5.91 Å². The molecule has 1 amide bonds. The number of hydrogen-bond donors (Lipinski definition) is 1. The van der Waals surface area contributed by atoms with E-state index in [-0.39, 0.29) is 5.91 Å². The quantitative estimate of drug-likeness (QED) is 0.782. The molecule has 25 heavy (non-hydrogen) atoms. The zero-order chi connectivity index (χ0) is 17.0. The first-order chi connectivity index (χ1) is 12.2. The molecule has 0 radical (unpaired) electrons. The Hall–Kier alpha value is -3.54. The van der Waals surface area contributed by atoms with Gasteiger partial charge in [-0.1, -0.05) is 24.3 Å². The van der Waals surface area contributed by atoms with Gasteiger partial charge >= 0.3 is 0 Å². The van der Waals surface area contributed by atoms with Crippen LogP contribution in [0.2, 0.25) is 0 Å². The highest BCUT2D eigenvalue weighted by Gasteiger charge is 2.34. The summed E-state index contributed by atoms with van der Waals surface area (Å²) in [6, 6.07) is 7.67. The Morgan fingerprint density at radius 2 is 2.04 bits per heavy atom. The number of pyridine rings is 1. The molecule has 0 spiro atoms. The molecule has 6 heteroatoms. The molecule has 0 bridgehead atoms. The number of amides is 1. The second-order valence-corrected chi connectivity index (χ2v) is 6.02. The van der Waals surface area contributed by atoms with Gasteiger partial charge in [-0.15, -0.1) is 0 Å². The third-order valence-electron chi connectivity index (χ3n) is 4.64. The van der Waals surface area contributed by atoms with E-state index in [4.69, 9.17) is 10.7 Å². The number of rotatable bonds is 2. The van der Waals surface area contributed by atoms with Gasteiger partial charge in [-0.3, -0.25) is 4.79 Å². The van der Waals surface area contributed by atoms with Gasteiger partial charge < -0.3 is 10.6 Å². The van der Waals surface area contributed by atoms with Crippen molar-refractivity contribution in [2.24, 2.45) is 0 Å². The Bertz CT molecular complexity index is 1100. The molecule has 1 aromatic carbocycles. The van der Waals surface area contributed by atoms with Crippen LogP contribution < -0.4 is 5.73 Å². The number of anilines is 1. The molecule has 2 aliphatic rings. The monoisotopic (exact) mass is 327 g/mol. The van der Waals surface area contributed by atoms with Crippen molar-refractivity contribution in [1.29, 1.82) is 0 Å². The van der Waals surface area contributed by atoms with Gasteiger partial charge in [-0.2, -0.15) is 10.2 Å². The van der Waals surface area contributed by atoms with E-state index in [0.717, 1.165) is 27.7 Å². The topological polar surface area (TPSA) is 85.0 Å². The Morgan fingerprint density at radius 3 is 2.76 bits per heavy atom. The summed E-state index contributed by atoms with van der Waals surface area (Å²) in [6.07, 6.45) is 9.07. The molecule has 2 aromatic heterocycles. The summed E-state index contributed by atoms with van der Waals surface area (Å²) in [4.78, 5) is 19.3. The van der Waals surface area contributed by atoms with Gasteiger partial charge in [-0.25, -0.2) is 4.98 Å². The van der Waals surface area contributed by atoms with E-state index in [1.54, 1.807) is 17.3 Å². The summed E-state index contributed by atoms with van der Waals surface area (Å²) >= 11 is 0. The summed E-state index contributed by atoms with van der Waals surface area (Å²) in [5, 5.41) is 8.54. The van der Waals surface area contributed by atoms with Crippen molar-refractivity contribution in [2.75, 3.05) is 5.73 Å². The third-order valence-corrected chi connectivity index (χ3v) is 4.64. The van der Waals surface area contributed by atoms with Crippen LogP contribution in [-0.4, -0.2) is 26.0 Å². The highest BCUT2D eigenvalue weighted by atomic mass is 16.2. The molecule has 0 unspecified atom stereocenters.